The van der Waals surface area contributed by atoms with Crippen molar-refractivity contribution in [3.05, 3.63) is 28.7 Å². The van der Waals surface area contributed by atoms with Crippen LogP contribution in [0.2, 0.25) is 0 Å². The summed E-state index contributed by atoms with van der Waals surface area (Å²) in [5, 5.41) is 0. The molecule has 1 atom stereocenters. The van der Waals surface area contributed by atoms with E-state index in [4.69, 9.17) is 4.28 Å². The Bertz CT molecular complexity index is 342. The van der Waals surface area contributed by atoms with Gasteiger partial charge >= 0.3 is 0 Å². The summed E-state index contributed by atoms with van der Waals surface area (Å²) in [6, 6.07) is 8.05. The highest BCUT2D eigenvalue weighted by Gasteiger charge is 2.06. The van der Waals surface area contributed by atoms with Crippen molar-refractivity contribution in [1.29, 1.82) is 0 Å². The van der Waals surface area contributed by atoms with Crippen LogP contribution in [0, 0.1) is 5.92 Å². The van der Waals surface area contributed by atoms with Crippen molar-refractivity contribution >= 4 is 47.3 Å². The maximum absolute atomic E-state index is 5.35. The zero-order valence-electron chi connectivity index (χ0n) is 10.9. The lowest BCUT2D eigenvalue weighted by Gasteiger charge is -2.18. The number of hydroxylamine groups is 1. The molecular weight excluding hydrogens is 332 g/mol. The Hall–Kier alpha value is 0.120. The van der Waals surface area contributed by atoms with E-state index in [1.54, 1.807) is 0 Å². The van der Waals surface area contributed by atoms with E-state index in [1.807, 2.05) is 35.6 Å². The fourth-order valence-electron chi connectivity index (χ4n) is 1.15. The molecular formula is C12H21BrN2OS2. The van der Waals surface area contributed by atoms with Crippen LogP contribution in [-0.2, 0) is 4.28 Å². The van der Waals surface area contributed by atoms with E-state index in [-0.39, 0.29) is 13.5 Å². The van der Waals surface area contributed by atoms with Crippen LogP contribution >= 0.6 is 41.7 Å². The van der Waals surface area contributed by atoms with Crippen molar-refractivity contribution in [2.24, 2.45) is 5.92 Å². The number of anilines is 1. The first-order valence-electron chi connectivity index (χ1n) is 5.70. The molecule has 0 fully saturated rings. The molecule has 0 heterocycles. The van der Waals surface area contributed by atoms with Gasteiger partial charge in [-0.2, -0.15) is 19.0 Å². The maximum atomic E-state index is 5.35. The van der Waals surface area contributed by atoms with Crippen molar-refractivity contribution in [2.45, 2.75) is 20.3 Å². The number of halogens is 1. The van der Waals surface area contributed by atoms with Crippen molar-refractivity contribution in [2.75, 3.05) is 17.9 Å². The number of para-hydroxylation sites is 1. The Morgan fingerprint density at radius 2 is 2.11 bits per heavy atom. The first-order valence-corrected chi connectivity index (χ1v) is 7.19. The molecule has 1 unspecified atom stereocenters. The second kappa shape index (κ2) is 9.97. The average molecular weight is 353 g/mol. The molecule has 0 spiro atoms. The molecule has 0 aliphatic carbocycles. The maximum Gasteiger partial charge on any atom is 0.135 e. The zero-order valence-corrected chi connectivity index (χ0v) is 14.3. The van der Waals surface area contributed by atoms with Crippen molar-refractivity contribution in [1.82, 2.24) is 5.48 Å². The molecule has 0 saturated heterocycles. The minimum atomic E-state index is 0. The summed E-state index contributed by atoms with van der Waals surface area (Å²) >= 11 is 4.80. The normalized spacial score (nSPS) is 11.8. The van der Waals surface area contributed by atoms with Crippen molar-refractivity contribution < 1.29 is 4.28 Å². The summed E-state index contributed by atoms with van der Waals surface area (Å²) < 4.78 is 8.37. The second-order valence-electron chi connectivity index (χ2n) is 3.97. The third-order valence-electron chi connectivity index (χ3n) is 2.53. The lowest BCUT2D eigenvalue weighted by molar-refractivity contribution is 0.216. The van der Waals surface area contributed by atoms with Gasteiger partial charge in [0.25, 0.3) is 0 Å². The Kier molecular flexibility index (Phi) is 10.0. The predicted molar refractivity (Wildman–Crippen MR) is 89.1 cm³/mol. The first kappa shape index (κ1) is 18.1. The molecule has 0 bridgehead atoms. The van der Waals surface area contributed by atoms with Gasteiger partial charge in [-0.15, -0.1) is 0 Å². The van der Waals surface area contributed by atoms with Crippen LogP contribution in [0.5, 0.6) is 0 Å². The van der Waals surface area contributed by atoms with E-state index in [1.165, 1.54) is 12.2 Å². The van der Waals surface area contributed by atoms with Crippen LogP contribution in [-0.4, -0.2) is 13.6 Å². The first-order chi connectivity index (χ1) is 8.15. The smallest absolute Gasteiger partial charge is 0.135 e. The molecule has 0 aliphatic rings. The van der Waals surface area contributed by atoms with E-state index in [2.05, 4.69) is 35.3 Å². The van der Waals surface area contributed by atoms with Gasteiger partial charge in [-0.3, -0.25) is 4.31 Å². The summed E-state index contributed by atoms with van der Waals surface area (Å²) in [5.41, 5.74) is 4.05. The quantitative estimate of drug-likeness (QED) is 0.345. The highest BCUT2D eigenvalue weighted by atomic mass is 79.9. The average Bonchev–Trinajstić information content (AvgIpc) is 2.34. The van der Waals surface area contributed by atoms with Gasteiger partial charge in [-0.1, -0.05) is 32.4 Å². The Morgan fingerprint density at radius 1 is 1.44 bits per heavy atom. The lowest BCUT2D eigenvalue weighted by atomic mass is 10.1. The number of hydrogen-bond donors (Lipinski definition) is 1. The standard InChI is InChI=1S/C12H19BrN2OS.H2S/c1-4-10(2)9-14-16-17-15(3)12-8-6-5-7-11(12)13;/h5-8,10,14H,4,9H2,1-3H3;1H2. The number of benzene rings is 1. The van der Waals surface area contributed by atoms with E-state index < -0.39 is 0 Å². The molecule has 0 saturated carbocycles. The summed E-state index contributed by atoms with van der Waals surface area (Å²) in [6.45, 7) is 5.23. The molecule has 0 amide bonds. The monoisotopic (exact) mass is 352 g/mol. The van der Waals surface area contributed by atoms with Crippen LogP contribution < -0.4 is 9.79 Å². The third kappa shape index (κ3) is 6.33. The molecule has 0 aliphatic heterocycles. The minimum Gasteiger partial charge on any atom is -0.294 e. The second-order valence-corrected chi connectivity index (χ2v) is 5.69. The Morgan fingerprint density at radius 3 is 2.72 bits per heavy atom. The van der Waals surface area contributed by atoms with E-state index in [9.17, 15) is 0 Å². The number of nitrogens with zero attached hydrogens (tertiary/aromatic N) is 1. The molecule has 1 aromatic rings. The van der Waals surface area contributed by atoms with E-state index >= 15 is 0 Å². The van der Waals surface area contributed by atoms with Gasteiger partial charge in [0.05, 0.1) is 5.69 Å². The Balaban J connectivity index is 0.00000289. The molecule has 1 N–H and O–H groups in total. The van der Waals surface area contributed by atoms with Crippen LogP contribution in [0.25, 0.3) is 0 Å². The Labute approximate surface area is 130 Å². The number of nitrogens with one attached hydrogen (secondary N) is 1. The van der Waals surface area contributed by atoms with E-state index in [0.29, 0.717) is 5.92 Å². The summed E-state index contributed by atoms with van der Waals surface area (Å²) in [6.07, 6.45) is 1.15. The molecule has 0 aromatic heterocycles. The molecule has 1 rings (SSSR count). The molecule has 1 aromatic carbocycles. The summed E-state index contributed by atoms with van der Waals surface area (Å²) in [5.74, 6) is 0.629. The van der Waals surface area contributed by atoms with E-state index in [0.717, 1.165) is 23.1 Å². The van der Waals surface area contributed by atoms with Gasteiger partial charge in [0.1, 0.15) is 12.2 Å². The number of rotatable bonds is 7. The highest BCUT2D eigenvalue weighted by Crippen LogP contribution is 2.28. The van der Waals surface area contributed by atoms with Crippen molar-refractivity contribution in [3.63, 3.8) is 0 Å². The topological polar surface area (TPSA) is 24.5 Å². The van der Waals surface area contributed by atoms with Crippen LogP contribution in [0.1, 0.15) is 20.3 Å². The fraction of sp³-hybridized carbons (Fsp3) is 0.500. The fourth-order valence-corrected chi connectivity index (χ4v) is 2.29. The van der Waals surface area contributed by atoms with Crippen LogP contribution in [0.15, 0.2) is 28.7 Å². The van der Waals surface area contributed by atoms with Gasteiger partial charge in [-0.25, -0.2) is 4.28 Å². The lowest BCUT2D eigenvalue weighted by Crippen LogP contribution is -2.21. The largest absolute Gasteiger partial charge is 0.294 e. The highest BCUT2D eigenvalue weighted by molar-refractivity contribution is 9.10. The van der Waals surface area contributed by atoms with Crippen molar-refractivity contribution in [3.8, 4) is 0 Å². The van der Waals surface area contributed by atoms with Gasteiger partial charge in [0.15, 0.2) is 0 Å². The minimum absolute atomic E-state index is 0. The van der Waals surface area contributed by atoms with Gasteiger partial charge in [0, 0.05) is 18.1 Å². The molecule has 104 valence electrons. The molecule has 6 heteroatoms. The summed E-state index contributed by atoms with van der Waals surface area (Å²) in [7, 11) is 1.97. The van der Waals surface area contributed by atoms with Crippen LogP contribution in [0.3, 0.4) is 0 Å². The molecule has 18 heavy (non-hydrogen) atoms. The van der Waals surface area contributed by atoms with Gasteiger partial charge in [-0.05, 0) is 34.0 Å². The number of hydrogen-bond acceptors (Lipinski definition) is 4. The molecule has 3 nitrogen and oxygen atoms in total. The summed E-state index contributed by atoms with van der Waals surface area (Å²) in [4.78, 5) is 0. The molecule has 0 radical (unpaired) electrons. The zero-order chi connectivity index (χ0) is 12.7. The van der Waals surface area contributed by atoms with Gasteiger partial charge in [0.2, 0.25) is 0 Å². The third-order valence-corrected chi connectivity index (χ3v) is 3.81. The van der Waals surface area contributed by atoms with Gasteiger partial charge < -0.3 is 0 Å². The van der Waals surface area contributed by atoms with Crippen LogP contribution in [0.4, 0.5) is 5.69 Å². The predicted octanol–water partition coefficient (Wildman–Crippen LogP) is 4.13. The SMILES string of the molecule is CCC(C)CNOSN(C)c1ccccc1Br.S.